The van der Waals surface area contributed by atoms with E-state index in [2.05, 4.69) is 75.5 Å². The maximum absolute atomic E-state index is 12.7. The Kier molecular flexibility index (Phi) is 83.2. The van der Waals surface area contributed by atoms with Crippen molar-refractivity contribution in [3.8, 4) is 0 Å². The predicted octanol–water partition coefficient (Wildman–Crippen LogP) is 33.4. The maximum atomic E-state index is 12.7. The van der Waals surface area contributed by atoms with Gasteiger partial charge >= 0.3 is 47.8 Å². The summed E-state index contributed by atoms with van der Waals surface area (Å²) in [6, 6.07) is 0. The van der Waals surface area contributed by atoms with Crippen LogP contribution in [0, 0.1) is 43.8 Å². The number of hydrogen-bond donors (Lipinski definition) is 5. The van der Waals surface area contributed by atoms with Gasteiger partial charge in [-0.3, -0.25) is 52.6 Å². The average Bonchev–Trinajstić information content (AvgIpc) is 1.63. The molecule has 8 saturated carbocycles. The summed E-state index contributed by atoms with van der Waals surface area (Å²) in [6.07, 6.45) is 74.7. The summed E-state index contributed by atoms with van der Waals surface area (Å²) < 4.78 is 31.8. The fourth-order valence-electron chi connectivity index (χ4n) is 21.7. The van der Waals surface area contributed by atoms with Gasteiger partial charge in [0.15, 0.2) is 0 Å². The third-order valence-electron chi connectivity index (χ3n) is 30.5. The van der Waals surface area contributed by atoms with E-state index in [0.717, 1.165) is 427 Å². The van der Waals surface area contributed by atoms with E-state index in [9.17, 15) is 73.5 Å². The lowest BCUT2D eigenvalue weighted by molar-refractivity contribution is -0.157. The quantitative estimate of drug-likeness (QED) is 0.0163. The number of carbonyl (C=O) groups excluding carboxylic acids is 6. The number of halogens is 4. The van der Waals surface area contributed by atoms with Gasteiger partial charge in [-0.1, -0.05) is 350 Å². The molecule has 8 fully saturated rings. The number of aliphatic carboxylic acids is 4. The second-order valence-corrected chi connectivity index (χ2v) is 43.1. The summed E-state index contributed by atoms with van der Waals surface area (Å²) in [5.74, 6) is -1.44. The Morgan fingerprint density at radius 3 is 0.689 bits per heavy atom. The minimum atomic E-state index is -0.636. The van der Waals surface area contributed by atoms with E-state index in [-0.39, 0.29) is 94.0 Å². The number of carbonyl (C=O) groups is 10. The molecule has 0 heterocycles. The Morgan fingerprint density at radius 1 is 0.281 bits per heavy atom. The van der Waals surface area contributed by atoms with Gasteiger partial charge in [-0.25, -0.2) is 0 Å². The number of rotatable bonds is 65. The van der Waals surface area contributed by atoms with Gasteiger partial charge in [-0.2, -0.15) is 0 Å². The van der Waals surface area contributed by atoms with Crippen LogP contribution >= 0.6 is 47.8 Å². The van der Waals surface area contributed by atoms with Gasteiger partial charge in [0.2, 0.25) is 0 Å². The molecule has 135 heavy (non-hydrogen) atoms. The molecule has 0 radical (unpaired) electrons. The third kappa shape index (κ3) is 55.2. The van der Waals surface area contributed by atoms with Crippen LogP contribution in [0.1, 0.15) is 562 Å². The number of esters is 4. The number of hydrogen-bond acceptors (Lipinski definition) is 15. The highest BCUT2D eigenvalue weighted by atomic mass is 79.9. The maximum Gasteiger partial charge on any atom is 0.312 e. The van der Waals surface area contributed by atoms with Gasteiger partial charge in [0.05, 0.1) is 76.4 Å². The first-order valence-corrected chi connectivity index (χ1v) is 56.7. The van der Waals surface area contributed by atoms with Crippen LogP contribution in [0.15, 0.2) is 0 Å². The number of aliphatic hydroxyl groups excluding tert-OH is 1. The van der Waals surface area contributed by atoms with Gasteiger partial charge in [-0.05, 0) is 231 Å². The monoisotopic (exact) mass is 2120 g/mol. The summed E-state index contributed by atoms with van der Waals surface area (Å²) in [5, 5.41) is 51.5. The Bertz CT molecular complexity index is 2860. The first kappa shape index (κ1) is 136. The minimum Gasteiger partial charge on any atom is -0.481 e. The topological polar surface area (TPSA) is 309 Å². The van der Waals surface area contributed by atoms with Gasteiger partial charge in [0.25, 0.3) is 0 Å². The fraction of sp³-hybridized carbons (Fsp3) is 0.911. The SMILES string of the molecule is BrCCCCCBr.C.C.C.C.C.CCCCOC(=O)C1(CCCCCBr)CCCC1.CCCCOC(=O)C1(CCCCCC(=O)CCCCCC2(C(=O)OCCCC)CCCC2)CCCC1.CCCCOC(=O)C1CCCC1.F.O=C(CCCCCC1(C(=O)O)CCCC1)CCCCCC1(C(=O)O)CCCC1.O=C(O)C1(CCCCCC(O)CCCCCC2(C(=O)O)CCCC2)CCCC1.[2H][2H]. The highest BCUT2D eigenvalue weighted by molar-refractivity contribution is 9.09. The first-order valence-electron chi connectivity index (χ1n) is 54.3. The van der Waals surface area contributed by atoms with Crippen molar-refractivity contribution in [2.45, 2.75) is 565 Å². The van der Waals surface area contributed by atoms with E-state index in [4.69, 9.17) is 21.9 Å². The fourth-order valence-corrected chi connectivity index (χ4v) is 22.9. The van der Waals surface area contributed by atoms with Gasteiger partial charge in [0, 0.05) is 44.6 Å². The Balaban J connectivity index is -0.000000528. The van der Waals surface area contributed by atoms with Crippen molar-refractivity contribution in [2.24, 2.45) is 43.8 Å². The normalized spacial score (nSPS) is 17.9. The van der Waals surface area contributed by atoms with Gasteiger partial charge < -0.3 is 44.5 Å². The van der Waals surface area contributed by atoms with Crippen LogP contribution in [0.2, 0.25) is 0 Å². The Labute approximate surface area is 853 Å². The number of unbranched alkanes of at least 4 members (excludes halogenated alkanes) is 20. The smallest absolute Gasteiger partial charge is 0.312 e. The number of ketones is 2. The second kappa shape index (κ2) is 82.8. The number of carboxylic acids is 4. The lowest BCUT2D eigenvalue weighted by Gasteiger charge is -2.26. The van der Waals surface area contributed by atoms with E-state index in [1.54, 1.807) is 0 Å². The Hall–Kier alpha value is -3.57. The molecule has 0 bridgehead atoms. The second-order valence-electron chi connectivity index (χ2n) is 40.7. The summed E-state index contributed by atoms with van der Waals surface area (Å²) in [4.78, 5) is 119. The molecule has 0 aromatic carbocycles. The summed E-state index contributed by atoms with van der Waals surface area (Å²) in [6.45, 7) is 10.8. The molecule has 19 nitrogen and oxygen atoms in total. The molecular weight excluding hydrogens is 1910 g/mol. The lowest BCUT2D eigenvalue weighted by Crippen LogP contribution is -2.30. The van der Waals surface area contributed by atoms with Crippen LogP contribution in [0.25, 0.3) is 0 Å². The summed E-state index contributed by atoms with van der Waals surface area (Å²) >= 11 is 10.2. The molecule has 0 unspecified atom stereocenters. The third-order valence-corrected chi connectivity index (χ3v) is 32.2. The zero-order chi connectivity index (χ0) is 96.7. The Morgan fingerprint density at radius 2 is 0.474 bits per heavy atom. The van der Waals surface area contributed by atoms with E-state index in [1.807, 2.05) is 0 Å². The molecule has 8 aliphatic carbocycles. The number of carboxylic acid groups (broad SMARTS) is 4. The molecule has 23 heteroatoms. The zero-order valence-electron chi connectivity index (χ0n) is 84.5. The minimum absolute atomic E-state index is 0. The van der Waals surface area contributed by atoms with Crippen LogP contribution in [0.3, 0.4) is 0 Å². The number of Topliss-reactive ketones (excluding diaryl/α,β-unsaturated/α-hetero) is 2. The van der Waals surface area contributed by atoms with Crippen molar-refractivity contribution in [2.75, 3.05) is 42.4 Å². The molecule has 0 amide bonds. The molecule has 0 aromatic heterocycles. The highest BCUT2D eigenvalue weighted by Gasteiger charge is 2.47. The average molecular weight is 2120 g/mol. The first-order chi connectivity index (χ1) is 63.3. The molecule has 800 valence electrons. The van der Waals surface area contributed by atoms with E-state index in [1.165, 1.54) is 57.8 Å². The molecule has 8 rings (SSSR count). The van der Waals surface area contributed by atoms with Crippen molar-refractivity contribution >= 4 is 107 Å². The van der Waals surface area contributed by atoms with E-state index >= 15 is 0 Å². The van der Waals surface area contributed by atoms with Gasteiger partial charge in [0.1, 0.15) is 11.6 Å². The standard InChI is InChI=1S/C31H54O5.C23H40O5.C23H38O5.C15H27BrO2.C10H18O2.C5H10Br2.5CH4.FH.H2/c1-3-5-25-35-28(33)30(21-13-14-22-30)19-11-7-9-17-27(32)18-10-8-12-20-31(23-15-16-24-31)29(34)36-26-6-4-2;2*24-19(11-3-1-5-13-22(20(25)26)15-7-8-16-22)12-4-2-6-14-23(21(27)28)17-9-10-18-23;1-2-3-13-18-14(17)15(10-6-7-11-15)9-5-4-8-12-16;1-2-3-8-12-10(11)9-6-4-5-7-9;6-4-2-1-3-5-7;;;;;;;/h3-26H2,1-2H3;19,24H,1-18H2,(H,25,26)(H,27,28);1-18H2,(H,25,26)(H,27,28);2-13H2,1H3;9H,2-8H2,1H3;1-5H2;5*1H4;2*1H/i;;;;;;;;;;;;1+1D. The number of alkyl halides is 3. The van der Waals surface area contributed by atoms with E-state index in [0.29, 0.717) is 63.7 Å². The number of ether oxygens (including phenoxy) is 4. The van der Waals surface area contributed by atoms with Crippen molar-refractivity contribution in [3.05, 3.63) is 0 Å². The molecule has 0 spiro atoms. The van der Waals surface area contributed by atoms with Crippen LogP contribution in [-0.4, -0.2) is 133 Å². The zero-order valence-corrected chi connectivity index (χ0v) is 87.3. The lowest BCUT2D eigenvalue weighted by atomic mass is 9.80. The van der Waals surface area contributed by atoms with Crippen molar-refractivity contribution in [3.63, 3.8) is 0 Å². The van der Waals surface area contributed by atoms with Crippen LogP contribution < -0.4 is 0 Å². The van der Waals surface area contributed by atoms with E-state index < -0.39 is 45.5 Å². The largest absolute Gasteiger partial charge is 0.481 e. The van der Waals surface area contributed by atoms with Crippen LogP contribution in [0.4, 0.5) is 4.70 Å². The summed E-state index contributed by atoms with van der Waals surface area (Å²) in [5.41, 5.74) is -2.54. The van der Waals surface area contributed by atoms with Crippen molar-refractivity contribution in [1.29, 1.82) is 0 Å². The molecule has 0 aromatic rings. The molecule has 0 atom stereocenters. The predicted molar refractivity (Wildman–Crippen MR) is 569 cm³/mol. The molecule has 0 aliphatic heterocycles. The molecule has 8 aliphatic rings. The van der Waals surface area contributed by atoms with Crippen LogP contribution in [0.5, 0.6) is 0 Å². The summed E-state index contributed by atoms with van der Waals surface area (Å²) in [7, 11) is 0. The molecule has 5 N–H and O–H groups in total. The highest BCUT2D eigenvalue weighted by Crippen LogP contribution is 2.50. The van der Waals surface area contributed by atoms with Crippen molar-refractivity contribution in [1.82, 2.24) is 0 Å². The van der Waals surface area contributed by atoms with Crippen molar-refractivity contribution < 1.29 is 100 Å². The number of aliphatic hydroxyl groups is 1. The molecule has 0 saturated heterocycles. The molecular formula is C112H210Br3FO19. The van der Waals surface area contributed by atoms with Crippen LogP contribution in [-0.2, 0) is 66.9 Å². The van der Waals surface area contributed by atoms with Gasteiger partial charge in [-0.15, -0.1) is 0 Å².